The lowest BCUT2D eigenvalue weighted by atomic mass is 10.3. The van der Waals surface area contributed by atoms with E-state index >= 15 is 0 Å². The third-order valence-corrected chi connectivity index (χ3v) is 6.07. The summed E-state index contributed by atoms with van der Waals surface area (Å²) in [5.41, 5.74) is 2.10. The predicted octanol–water partition coefficient (Wildman–Crippen LogP) is 2.88. The molecule has 2 heterocycles. The van der Waals surface area contributed by atoms with Gasteiger partial charge in [-0.25, -0.2) is 18.4 Å². The molecule has 2 aromatic heterocycles. The van der Waals surface area contributed by atoms with Crippen LogP contribution in [0, 0.1) is 0 Å². The van der Waals surface area contributed by atoms with E-state index in [0.717, 1.165) is 18.1 Å². The number of fused-ring (bicyclic) bond motifs is 2. The van der Waals surface area contributed by atoms with E-state index in [9.17, 15) is 8.42 Å². The van der Waals surface area contributed by atoms with Gasteiger partial charge in [0, 0.05) is 20.3 Å². The number of hydrogen-bond donors (Lipinski definition) is 2. The number of ether oxygens (including phenoxy) is 1. The van der Waals surface area contributed by atoms with E-state index in [-0.39, 0.29) is 10.7 Å². The van der Waals surface area contributed by atoms with Crippen LogP contribution in [0.1, 0.15) is 6.42 Å². The molecule has 0 unspecified atom stereocenters. The van der Waals surface area contributed by atoms with Crippen molar-refractivity contribution in [1.82, 2.24) is 18.7 Å². The zero-order chi connectivity index (χ0) is 20.3. The van der Waals surface area contributed by atoms with Crippen molar-refractivity contribution < 1.29 is 13.2 Å². The first-order valence-electron chi connectivity index (χ1n) is 8.82. The first kappa shape index (κ1) is 19.4. The summed E-state index contributed by atoms with van der Waals surface area (Å²) in [5.74, 6) is 0.480. The molecule has 29 heavy (non-hydrogen) atoms. The van der Waals surface area contributed by atoms with Crippen LogP contribution in [0.2, 0.25) is 0 Å². The van der Waals surface area contributed by atoms with E-state index < -0.39 is 10.0 Å². The molecule has 0 saturated heterocycles. The van der Waals surface area contributed by atoms with Crippen LogP contribution in [0.15, 0.2) is 47.4 Å². The van der Waals surface area contributed by atoms with Gasteiger partial charge >= 0.3 is 0 Å². The summed E-state index contributed by atoms with van der Waals surface area (Å²) in [6, 6.07) is 12.1. The average molecular weight is 431 g/mol. The summed E-state index contributed by atoms with van der Waals surface area (Å²) in [5, 5.41) is 3.14. The first-order chi connectivity index (χ1) is 14.1. The van der Waals surface area contributed by atoms with Crippen LogP contribution in [0.4, 0.5) is 11.6 Å². The minimum atomic E-state index is -3.95. The average Bonchev–Trinajstić information content (AvgIpc) is 3.20. The highest BCUT2D eigenvalue weighted by molar-refractivity contribution is 7.93. The van der Waals surface area contributed by atoms with E-state index in [1.807, 2.05) is 18.2 Å². The second-order valence-corrected chi connectivity index (χ2v) is 8.36. The summed E-state index contributed by atoms with van der Waals surface area (Å²) in [6.07, 6.45) is 0.737. The predicted molar refractivity (Wildman–Crippen MR) is 113 cm³/mol. The Hall–Kier alpha value is -2.89. The normalized spacial score (nSPS) is 11.8. The molecule has 0 radical (unpaired) electrons. The van der Waals surface area contributed by atoms with Crippen LogP contribution < -0.4 is 10.0 Å². The van der Waals surface area contributed by atoms with Gasteiger partial charge < -0.3 is 10.1 Å². The maximum atomic E-state index is 13.1. The third-order valence-electron chi connectivity index (χ3n) is 4.16. The van der Waals surface area contributed by atoms with E-state index in [1.165, 1.54) is 6.07 Å². The molecule has 0 fully saturated rings. The van der Waals surface area contributed by atoms with Gasteiger partial charge in [-0.3, -0.25) is 4.72 Å². The van der Waals surface area contributed by atoms with Crippen molar-refractivity contribution in [3.05, 3.63) is 42.5 Å². The summed E-state index contributed by atoms with van der Waals surface area (Å²) >= 11 is 0.966. The SMILES string of the molecule is COCCCNc1nc2ccccc2nc1NS(=O)(=O)c1cccc2nsnc12. The molecule has 4 rings (SSSR count). The standard InChI is InChI=1S/C18H18N6O3S2/c1-27-11-5-10-19-17-18(21-13-7-3-2-6-12(13)20-17)24-29(25,26)15-9-4-8-14-16(15)23-28-22-14/h2-4,6-9H,5,10-11H2,1H3,(H,19,20)(H,21,24). The van der Waals surface area contributed by atoms with Crippen LogP contribution in [-0.2, 0) is 14.8 Å². The minimum Gasteiger partial charge on any atom is -0.385 e. The molecule has 0 spiro atoms. The highest BCUT2D eigenvalue weighted by Crippen LogP contribution is 2.27. The van der Waals surface area contributed by atoms with E-state index in [2.05, 4.69) is 28.8 Å². The maximum absolute atomic E-state index is 13.1. The lowest BCUT2D eigenvalue weighted by molar-refractivity contribution is 0.198. The molecule has 0 atom stereocenters. The Labute approximate surface area is 171 Å². The Kier molecular flexibility index (Phi) is 5.51. The summed E-state index contributed by atoms with van der Waals surface area (Å²) < 4.78 is 42.0. The number of aromatic nitrogens is 4. The van der Waals surface area contributed by atoms with Gasteiger partial charge in [0.15, 0.2) is 11.6 Å². The van der Waals surface area contributed by atoms with Gasteiger partial charge in [-0.2, -0.15) is 8.75 Å². The number of rotatable bonds is 8. The summed E-state index contributed by atoms with van der Waals surface area (Å²) in [4.78, 5) is 9.05. The fraction of sp³-hybridized carbons (Fsp3) is 0.222. The van der Waals surface area contributed by atoms with Gasteiger partial charge in [-0.15, -0.1) is 0 Å². The molecule has 0 aliphatic carbocycles. The monoisotopic (exact) mass is 430 g/mol. The van der Waals surface area contributed by atoms with Crippen molar-refractivity contribution in [2.45, 2.75) is 11.3 Å². The van der Waals surface area contributed by atoms with Crippen LogP contribution in [-0.4, -0.2) is 47.4 Å². The quantitative estimate of drug-likeness (QED) is 0.410. The number of methoxy groups -OCH3 is 1. The zero-order valence-electron chi connectivity index (χ0n) is 15.5. The van der Waals surface area contributed by atoms with Crippen molar-refractivity contribution >= 4 is 55.5 Å². The van der Waals surface area contributed by atoms with Gasteiger partial charge in [0.2, 0.25) is 0 Å². The van der Waals surface area contributed by atoms with E-state index in [1.54, 1.807) is 25.3 Å². The number of nitrogens with one attached hydrogen (secondary N) is 2. The molecule has 2 aromatic carbocycles. The molecule has 11 heteroatoms. The molecule has 4 aromatic rings. The van der Waals surface area contributed by atoms with Crippen LogP contribution in [0.5, 0.6) is 0 Å². The smallest absolute Gasteiger partial charge is 0.265 e. The molecule has 9 nitrogen and oxygen atoms in total. The van der Waals surface area contributed by atoms with Crippen LogP contribution in [0.3, 0.4) is 0 Å². The van der Waals surface area contributed by atoms with Gasteiger partial charge in [0.1, 0.15) is 15.9 Å². The number of nitrogens with zero attached hydrogens (tertiary/aromatic N) is 4. The Morgan fingerprint density at radius 2 is 1.69 bits per heavy atom. The van der Waals surface area contributed by atoms with Gasteiger partial charge in [0.05, 0.1) is 22.8 Å². The van der Waals surface area contributed by atoms with Crippen LogP contribution in [0.25, 0.3) is 22.1 Å². The van der Waals surface area contributed by atoms with Crippen molar-refractivity contribution in [2.24, 2.45) is 0 Å². The lowest BCUT2D eigenvalue weighted by Gasteiger charge is -2.14. The first-order valence-corrected chi connectivity index (χ1v) is 11.0. The molecule has 150 valence electrons. The van der Waals surface area contributed by atoms with Crippen molar-refractivity contribution in [3.8, 4) is 0 Å². The van der Waals surface area contributed by atoms with Crippen molar-refractivity contribution in [2.75, 3.05) is 30.3 Å². The zero-order valence-corrected chi connectivity index (χ0v) is 17.1. The highest BCUT2D eigenvalue weighted by atomic mass is 32.2. The number of anilines is 2. The van der Waals surface area contributed by atoms with Gasteiger partial charge in [-0.1, -0.05) is 18.2 Å². The Balaban J connectivity index is 1.72. The number of sulfonamides is 1. The molecule has 0 aliphatic heterocycles. The van der Waals surface area contributed by atoms with E-state index in [4.69, 9.17) is 4.74 Å². The molecule has 0 aliphatic rings. The fourth-order valence-corrected chi connectivity index (χ4v) is 4.57. The summed E-state index contributed by atoms with van der Waals surface area (Å²) in [7, 11) is -2.32. The molecule has 0 amide bonds. The minimum absolute atomic E-state index is 0.0454. The number of benzene rings is 2. The largest absolute Gasteiger partial charge is 0.385 e. The second-order valence-electron chi connectivity index (χ2n) is 6.18. The second kappa shape index (κ2) is 8.23. The Bertz CT molecular complexity index is 1260. The van der Waals surface area contributed by atoms with Crippen LogP contribution >= 0.6 is 11.7 Å². The van der Waals surface area contributed by atoms with Crippen molar-refractivity contribution in [1.29, 1.82) is 0 Å². The third kappa shape index (κ3) is 4.11. The molecule has 2 N–H and O–H groups in total. The van der Waals surface area contributed by atoms with Gasteiger partial charge in [0.25, 0.3) is 10.0 Å². The number of hydrogen-bond acceptors (Lipinski definition) is 9. The number of para-hydroxylation sites is 2. The lowest BCUT2D eigenvalue weighted by Crippen LogP contribution is -2.17. The van der Waals surface area contributed by atoms with Crippen molar-refractivity contribution in [3.63, 3.8) is 0 Å². The topological polar surface area (TPSA) is 119 Å². The molecule has 0 bridgehead atoms. The fourth-order valence-electron chi connectivity index (χ4n) is 2.80. The highest BCUT2D eigenvalue weighted by Gasteiger charge is 2.22. The molecular formula is C18H18N6O3S2. The Morgan fingerprint density at radius 3 is 2.45 bits per heavy atom. The Morgan fingerprint density at radius 1 is 0.966 bits per heavy atom. The van der Waals surface area contributed by atoms with E-state index in [0.29, 0.717) is 41.0 Å². The maximum Gasteiger partial charge on any atom is 0.265 e. The summed E-state index contributed by atoms with van der Waals surface area (Å²) in [6.45, 7) is 1.13. The van der Waals surface area contributed by atoms with Gasteiger partial charge in [-0.05, 0) is 30.7 Å². The molecule has 0 saturated carbocycles. The molecular weight excluding hydrogens is 412 g/mol.